The van der Waals surface area contributed by atoms with Crippen molar-refractivity contribution < 1.29 is 19.1 Å². The van der Waals surface area contributed by atoms with Gasteiger partial charge in [-0.15, -0.1) is 0 Å². The summed E-state index contributed by atoms with van der Waals surface area (Å²) in [5.41, 5.74) is 1.25. The highest BCUT2D eigenvalue weighted by Gasteiger charge is 2.45. The van der Waals surface area contributed by atoms with E-state index in [4.69, 9.17) is 16.3 Å². The first kappa shape index (κ1) is 23.4. The van der Waals surface area contributed by atoms with E-state index in [-0.39, 0.29) is 28.9 Å². The smallest absolute Gasteiger partial charge is 0.319 e. The van der Waals surface area contributed by atoms with Crippen molar-refractivity contribution in [3.63, 3.8) is 0 Å². The van der Waals surface area contributed by atoms with Crippen LogP contribution in [-0.2, 0) is 19.1 Å². The molecule has 2 N–H and O–H groups in total. The van der Waals surface area contributed by atoms with Crippen LogP contribution in [-0.4, -0.2) is 30.1 Å². The zero-order valence-electron chi connectivity index (χ0n) is 17.1. The molecule has 2 aromatic rings. The van der Waals surface area contributed by atoms with Gasteiger partial charge in [-0.3, -0.25) is 14.4 Å². The predicted molar refractivity (Wildman–Crippen MR) is 123 cm³/mol. The van der Waals surface area contributed by atoms with E-state index in [2.05, 4.69) is 16.7 Å². The number of hydrogen-bond acceptors (Lipinski definition) is 6. The molecule has 0 radical (unpaired) electrons. The molecule has 7 nitrogen and oxygen atoms in total. The number of hydrogen-bond donors (Lipinski definition) is 2. The highest BCUT2D eigenvalue weighted by molar-refractivity contribution is 8.03. The summed E-state index contributed by atoms with van der Waals surface area (Å²) in [6.45, 7) is 1.72. The summed E-state index contributed by atoms with van der Waals surface area (Å²) in [4.78, 5) is 37.9. The Balaban J connectivity index is 1.92. The molecule has 32 heavy (non-hydrogen) atoms. The second-order valence-electron chi connectivity index (χ2n) is 6.78. The molecular formula is C23H20ClN3O4S. The van der Waals surface area contributed by atoms with Gasteiger partial charge in [-0.2, -0.15) is 5.26 Å². The molecule has 0 aliphatic carbocycles. The number of nitrogens with one attached hydrogen (secondary N) is 2. The Morgan fingerprint density at radius 3 is 2.53 bits per heavy atom. The minimum Gasteiger partial charge on any atom is -0.465 e. The van der Waals surface area contributed by atoms with Crippen molar-refractivity contribution in [2.45, 2.75) is 12.8 Å². The van der Waals surface area contributed by atoms with E-state index in [0.29, 0.717) is 16.3 Å². The third-order valence-electron chi connectivity index (χ3n) is 4.71. The van der Waals surface area contributed by atoms with Crippen molar-refractivity contribution in [2.24, 2.45) is 5.92 Å². The van der Waals surface area contributed by atoms with Crippen LogP contribution >= 0.6 is 23.4 Å². The van der Waals surface area contributed by atoms with Crippen molar-refractivity contribution in [2.75, 3.05) is 17.7 Å². The standard InChI is InChI=1S/C23H20ClN3O4S/c1-2-31-23(30)20-19(15-10-6-7-11-17(15)24)16(12-25)22(27-21(20)29)32-13-18(28)26-14-8-4-3-5-9-14/h3-11,19-20H,2,13H2,1H3,(H,26,28)(H,27,29)/t19-,20-/m0/s1. The van der Waals surface area contributed by atoms with Crippen LogP contribution in [0, 0.1) is 17.2 Å². The van der Waals surface area contributed by atoms with Crippen molar-refractivity contribution >= 4 is 46.8 Å². The first-order valence-corrected chi connectivity index (χ1v) is 11.2. The summed E-state index contributed by atoms with van der Waals surface area (Å²) in [5.74, 6) is -3.91. The van der Waals surface area contributed by atoms with Gasteiger partial charge in [-0.1, -0.05) is 59.8 Å². The van der Waals surface area contributed by atoms with E-state index in [0.717, 1.165) is 11.8 Å². The number of halogens is 1. The molecule has 0 unspecified atom stereocenters. The number of para-hydroxylation sites is 1. The number of esters is 1. The molecule has 0 saturated carbocycles. The van der Waals surface area contributed by atoms with Crippen LogP contribution < -0.4 is 10.6 Å². The van der Waals surface area contributed by atoms with Crippen LogP contribution in [0.25, 0.3) is 0 Å². The van der Waals surface area contributed by atoms with Crippen LogP contribution in [0.4, 0.5) is 5.69 Å². The van der Waals surface area contributed by atoms with Gasteiger partial charge in [0.2, 0.25) is 11.8 Å². The summed E-state index contributed by atoms with van der Waals surface area (Å²) < 4.78 is 5.09. The van der Waals surface area contributed by atoms with Crippen LogP contribution in [0.2, 0.25) is 5.02 Å². The van der Waals surface area contributed by atoms with Gasteiger partial charge in [0.25, 0.3) is 0 Å². The van der Waals surface area contributed by atoms with Crippen LogP contribution in [0.5, 0.6) is 0 Å². The van der Waals surface area contributed by atoms with Crippen LogP contribution in [0.15, 0.2) is 65.2 Å². The lowest BCUT2D eigenvalue weighted by Crippen LogP contribution is -2.44. The van der Waals surface area contributed by atoms with E-state index >= 15 is 0 Å². The van der Waals surface area contributed by atoms with Gasteiger partial charge in [0.1, 0.15) is 5.92 Å². The molecule has 2 atom stereocenters. The summed E-state index contributed by atoms with van der Waals surface area (Å²) in [5, 5.41) is 15.8. The Morgan fingerprint density at radius 2 is 1.88 bits per heavy atom. The number of nitriles is 1. The minimum absolute atomic E-state index is 0.0466. The first-order chi connectivity index (χ1) is 15.5. The lowest BCUT2D eigenvalue weighted by atomic mass is 9.78. The summed E-state index contributed by atoms with van der Waals surface area (Å²) in [6, 6.07) is 17.7. The van der Waals surface area contributed by atoms with Gasteiger partial charge in [0, 0.05) is 16.6 Å². The van der Waals surface area contributed by atoms with Crippen LogP contribution in [0.1, 0.15) is 18.4 Å². The van der Waals surface area contributed by atoms with Crippen molar-refractivity contribution in [1.82, 2.24) is 5.32 Å². The molecule has 3 rings (SSSR count). The van der Waals surface area contributed by atoms with E-state index < -0.39 is 23.7 Å². The number of benzene rings is 2. The molecule has 0 spiro atoms. The maximum Gasteiger partial charge on any atom is 0.319 e. The third-order valence-corrected chi connectivity index (χ3v) is 6.08. The number of nitrogens with zero attached hydrogens (tertiary/aromatic N) is 1. The Kier molecular flexibility index (Phi) is 7.92. The van der Waals surface area contributed by atoms with Crippen molar-refractivity contribution in [1.29, 1.82) is 5.26 Å². The number of carbonyl (C=O) groups is 3. The predicted octanol–water partition coefficient (Wildman–Crippen LogP) is 3.84. The van der Waals surface area contributed by atoms with E-state index in [9.17, 15) is 19.6 Å². The first-order valence-electron chi connectivity index (χ1n) is 9.80. The quantitative estimate of drug-likeness (QED) is 0.471. The Hall–Kier alpha value is -3.28. The lowest BCUT2D eigenvalue weighted by molar-refractivity contribution is -0.152. The molecular weight excluding hydrogens is 450 g/mol. The molecule has 0 saturated heterocycles. The molecule has 2 amide bonds. The maximum absolute atomic E-state index is 12.9. The molecule has 0 fully saturated rings. The largest absolute Gasteiger partial charge is 0.465 e. The number of ether oxygens (including phenoxy) is 1. The number of rotatable bonds is 7. The molecule has 0 aromatic heterocycles. The SMILES string of the molecule is CCOC(=O)[C@@H]1C(=O)NC(SCC(=O)Nc2ccccc2)=C(C#N)[C@@H]1c1ccccc1Cl. The van der Waals surface area contributed by atoms with E-state index in [1.165, 1.54) is 0 Å². The van der Waals surface area contributed by atoms with Gasteiger partial charge >= 0.3 is 5.97 Å². The fourth-order valence-corrected chi connectivity index (χ4v) is 4.45. The Bertz CT molecular complexity index is 1100. The molecule has 164 valence electrons. The molecule has 1 aliphatic rings. The number of thioether (sulfide) groups is 1. The fraction of sp³-hybridized carbons (Fsp3) is 0.217. The second-order valence-corrected chi connectivity index (χ2v) is 8.17. The number of carbonyl (C=O) groups excluding carboxylic acids is 3. The Morgan fingerprint density at radius 1 is 1.19 bits per heavy atom. The van der Waals surface area contributed by atoms with Gasteiger partial charge < -0.3 is 15.4 Å². The monoisotopic (exact) mass is 469 g/mol. The van der Waals surface area contributed by atoms with Crippen molar-refractivity contribution in [3.8, 4) is 6.07 Å². The number of amides is 2. The molecule has 1 aliphatic heterocycles. The average Bonchev–Trinajstić information content (AvgIpc) is 2.78. The topological polar surface area (TPSA) is 108 Å². The van der Waals surface area contributed by atoms with E-state index in [1.807, 2.05) is 6.07 Å². The number of anilines is 1. The summed E-state index contributed by atoms with van der Waals surface area (Å²) in [7, 11) is 0. The third kappa shape index (κ3) is 5.31. The average molecular weight is 470 g/mol. The molecule has 0 bridgehead atoms. The molecule has 9 heteroatoms. The number of allylic oxidation sites excluding steroid dienone is 1. The van der Waals surface area contributed by atoms with E-state index in [1.54, 1.807) is 55.5 Å². The maximum atomic E-state index is 12.9. The highest BCUT2D eigenvalue weighted by Crippen LogP contribution is 2.42. The summed E-state index contributed by atoms with van der Waals surface area (Å²) >= 11 is 7.36. The zero-order valence-corrected chi connectivity index (χ0v) is 18.7. The zero-order chi connectivity index (χ0) is 23.1. The van der Waals surface area contributed by atoms with Gasteiger partial charge in [0.05, 0.1) is 29.0 Å². The van der Waals surface area contributed by atoms with Crippen LogP contribution in [0.3, 0.4) is 0 Å². The Labute approximate surface area is 194 Å². The second kappa shape index (κ2) is 10.8. The normalized spacial score (nSPS) is 17.8. The van der Waals surface area contributed by atoms with Gasteiger partial charge in [-0.05, 0) is 30.7 Å². The fourth-order valence-electron chi connectivity index (χ4n) is 3.34. The minimum atomic E-state index is -1.27. The highest BCUT2D eigenvalue weighted by atomic mass is 35.5. The van der Waals surface area contributed by atoms with Crippen molar-refractivity contribution in [3.05, 3.63) is 75.8 Å². The molecule has 2 aromatic carbocycles. The van der Waals surface area contributed by atoms with Gasteiger partial charge in [-0.25, -0.2) is 0 Å². The molecule has 1 heterocycles. The summed E-state index contributed by atoms with van der Waals surface area (Å²) in [6.07, 6.45) is 0. The van der Waals surface area contributed by atoms with Gasteiger partial charge in [0.15, 0.2) is 0 Å². The lowest BCUT2D eigenvalue weighted by Gasteiger charge is -2.31.